The second-order valence-corrected chi connectivity index (χ2v) is 8.43. The second-order valence-electron chi connectivity index (χ2n) is 8.43. The van der Waals surface area contributed by atoms with E-state index < -0.39 is 23.9 Å². The molecular formula is C24H33N9O3. The average Bonchev–Trinajstić information content (AvgIpc) is 3.27. The fourth-order valence-corrected chi connectivity index (χ4v) is 3.73. The summed E-state index contributed by atoms with van der Waals surface area (Å²) in [5, 5.41) is 6.34. The molecule has 2 aromatic heterocycles. The van der Waals surface area contributed by atoms with Crippen LogP contribution in [0.25, 0.3) is 10.9 Å². The highest BCUT2D eigenvalue weighted by Crippen LogP contribution is 2.16. The largest absolute Gasteiger partial charge is 0.346 e. The summed E-state index contributed by atoms with van der Waals surface area (Å²) in [6.07, 6.45) is 3.05. The molecule has 2 atom stereocenters. The lowest BCUT2D eigenvalue weighted by Gasteiger charge is -2.24. The summed E-state index contributed by atoms with van der Waals surface area (Å²) in [4.78, 5) is 51.6. The number of benzene rings is 1. The Bertz CT molecular complexity index is 1190. The van der Waals surface area contributed by atoms with Crippen molar-refractivity contribution in [3.05, 3.63) is 54.2 Å². The van der Waals surface area contributed by atoms with Crippen molar-refractivity contribution >= 4 is 34.3 Å². The number of hydrogen-bond acceptors (Lipinski definition) is 8. The van der Waals surface area contributed by atoms with Crippen LogP contribution in [0.1, 0.15) is 17.9 Å². The molecule has 0 fully saturated rings. The Labute approximate surface area is 209 Å². The second kappa shape index (κ2) is 12.7. The number of rotatable bonds is 12. The van der Waals surface area contributed by atoms with E-state index in [4.69, 9.17) is 17.2 Å². The number of amides is 3. The van der Waals surface area contributed by atoms with Crippen LogP contribution in [-0.4, -0.2) is 75.8 Å². The summed E-state index contributed by atoms with van der Waals surface area (Å²) in [6.45, 7) is 2.95. The summed E-state index contributed by atoms with van der Waals surface area (Å²) < 4.78 is 0. The molecule has 0 spiro atoms. The van der Waals surface area contributed by atoms with E-state index in [-0.39, 0.29) is 31.8 Å². The molecule has 12 nitrogen and oxygen atoms in total. The number of aryl methyl sites for hydroxylation is 1. The van der Waals surface area contributed by atoms with Gasteiger partial charge < -0.3 is 37.7 Å². The van der Waals surface area contributed by atoms with Gasteiger partial charge in [-0.25, -0.2) is 4.98 Å². The van der Waals surface area contributed by atoms with E-state index in [1.807, 2.05) is 24.3 Å². The molecule has 3 aromatic rings. The van der Waals surface area contributed by atoms with Gasteiger partial charge in [0.05, 0.1) is 29.9 Å². The predicted molar refractivity (Wildman–Crippen MR) is 137 cm³/mol. The lowest BCUT2D eigenvalue weighted by Crippen LogP contribution is -2.52. The maximum atomic E-state index is 13.2. The number of aromatic amines is 1. The SMILES string of the molecule is Cc1ncc(C[C@H](NC(=O)C(N)CC(=O)N(CCN)CCN)C(=O)Nc2cnc3ccccc3c2)[nH]1. The van der Waals surface area contributed by atoms with E-state index >= 15 is 0 Å². The number of imidazole rings is 1. The van der Waals surface area contributed by atoms with Crippen molar-refractivity contribution in [1.29, 1.82) is 0 Å². The van der Waals surface area contributed by atoms with E-state index in [1.54, 1.807) is 25.4 Å². The van der Waals surface area contributed by atoms with E-state index in [1.165, 1.54) is 4.90 Å². The molecule has 1 unspecified atom stereocenters. The fraction of sp³-hybridized carbons (Fsp3) is 0.375. The van der Waals surface area contributed by atoms with Crippen molar-refractivity contribution in [2.75, 3.05) is 31.5 Å². The van der Waals surface area contributed by atoms with Crippen molar-refractivity contribution in [3.63, 3.8) is 0 Å². The van der Waals surface area contributed by atoms with Gasteiger partial charge in [-0.3, -0.25) is 19.4 Å². The quantitative estimate of drug-likeness (QED) is 0.191. The van der Waals surface area contributed by atoms with E-state index in [0.717, 1.165) is 10.9 Å². The minimum atomic E-state index is -1.16. The van der Waals surface area contributed by atoms with Crippen LogP contribution in [0.2, 0.25) is 0 Å². The van der Waals surface area contributed by atoms with Crippen LogP contribution in [0, 0.1) is 6.92 Å². The van der Waals surface area contributed by atoms with Gasteiger partial charge in [0.2, 0.25) is 17.7 Å². The van der Waals surface area contributed by atoms with Crippen molar-refractivity contribution in [3.8, 4) is 0 Å². The molecule has 9 N–H and O–H groups in total. The third-order valence-corrected chi connectivity index (χ3v) is 5.55. The molecule has 0 saturated heterocycles. The van der Waals surface area contributed by atoms with Gasteiger partial charge in [-0.1, -0.05) is 18.2 Å². The molecule has 192 valence electrons. The van der Waals surface area contributed by atoms with E-state index in [2.05, 4.69) is 25.6 Å². The highest BCUT2D eigenvalue weighted by atomic mass is 16.2. The zero-order chi connectivity index (χ0) is 26.1. The maximum Gasteiger partial charge on any atom is 0.247 e. The van der Waals surface area contributed by atoms with Gasteiger partial charge in [0.1, 0.15) is 11.9 Å². The number of pyridine rings is 1. The average molecular weight is 496 g/mol. The highest BCUT2D eigenvalue weighted by Gasteiger charge is 2.27. The molecule has 0 aliphatic rings. The number of aromatic nitrogens is 3. The van der Waals surface area contributed by atoms with Gasteiger partial charge in [0.25, 0.3) is 0 Å². The lowest BCUT2D eigenvalue weighted by molar-refractivity contribution is -0.134. The molecule has 2 heterocycles. The van der Waals surface area contributed by atoms with Crippen LogP contribution in [0.5, 0.6) is 0 Å². The van der Waals surface area contributed by atoms with Gasteiger partial charge >= 0.3 is 0 Å². The van der Waals surface area contributed by atoms with Crippen LogP contribution >= 0.6 is 0 Å². The molecular weight excluding hydrogens is 462 g/mol. The third-order valence-electron chi connectivity index (χ3n) is 5.55. The number of carbonyl (C=O) groups is 3. The van der Waals surface area contributed by atoms with Gasteiger partial charge in [0.15, 0.2) is 0 Å². The number of H-pyrrole nitrogens is 1. The Kier molecular flexibility index (Phi) is 9.45. The van der Waals surface area contributed by atoms with Gasteiger partial charge in [-0.15, -0.1) is 0 Å². The van der Waals surface area contributed by atoms with Crippen molar-refractivity contribution in [1.82, 2.24) is 25.2 Å². The minimum Gasteiger partial charge on any atom is -0.346 e. The number of para-hydroxylation sites is 1. The first kappa shape index (κ1) is 26.7. The standard InChI is InChI=1S/C24H33N9O3/c1-15-28-13-18(30-15)11-21(24(36)31-17-10-16-4-2-3-5-20(16)29-14-17)32-23(35)19(27)12-22(34)33(8-6-25)9-7-26/h2-5,10,13-14,19,21H,6-9,11-12,25-27H2,1H3,(H,28,30)(H,31,36)(H,32,35)/t19?,21-/m0/s1. The van der Waals surface area contributed by atoms with Crippen LogP contribution in [0.15, 0.2) is 42.7 Å². The van der Waals surface area contributed by atoms with Gasteiger partial charge in [-0.05, 0) is 19.1 Å². The molecule has 3 amide bonds. The number of anilines is 1. The number of fused-ring (bicyclic) bond motifs is 1. The van der Waals surface area contributed by atoms with E-state index in [0.29, 0.717) is 30.3 Å². The Balaban J connectivity index is 1.71. The first-order chi connectivity index (χ1) is 17.3. The Morgan fingerprint density at radius 2 is 1.78 bits per heavy atom. The number of nitrogens with zero attached hydrogens (tertiary/aromatic N) is 3. The summed E-state index contributed by atoms with van der Waals surface area (Å²) in [5.74, 6) is -0.742. The van der Waals surface area contributed by atoms with Crippen LogP contribution in [0.4, 0.5) is 5.69 Å². The lowest BCUT2D eigenvalue weighted by atomic mass is 10.1. The summed E-state index contributed by atoms with van der Waals surface area (Å²) in [5.41, 5.74) is 19.1. The molecule has 0 saturated carbocycles. The molecule has 0 aliphatic heterocycles. The van der Waals surface area contributed by atoms with Crippen molar-refractivity contribution < 1.29 is 14.4 Å². The zero-order valence-electron chi connectivity index (χ0n) is 20.2. The molecule has 0 bridgehead atoms. The van der Waals surface area contributed by atoms with Crippen LogP contribution in [0.3, 0.4) is 0 Å². The molecule has 36 heavy (non-hydrogen) atoms. The molecule has 0 radical (unpaired) electrons. The summed E-state index contributed by atoms with van der Waals surface area (Å²) in [7, 11) is 0. The zero-order valence-corrected chi connectivity index (χ0v) is 20.2. The number of nitrogens with one attached hydrogen (secondary N) is 3. The molecule has 0 aliphatic carbocycles. The number of nitrogens with two attached hydrogens (primary N) is 3. The van der Waals surface area contributed by atoms with Gasteiger partial charge in [0, 0.05) is 49.9 Å². The van der Waals surface area contributed by atoms with E-state index in [9.17, 15) is 14.4 Å². The number of carbonyl (C=O) groups excluding carboxylic acids is 3. The Morgan fingerprint density at radius 3 is 2.44 bits per heavy atom. The molecule has 12 heteroatoms. The van der Waals surface area contributed by atoms with Gasteiger partial charge in [-0.2, -0.15) is 0 Å². The Hall–Kier alpha value is -3.87. The van der Waals surface area contributed by atoms with Crippen molar-refractivity contribution in [2.24, 2.45) is 17.2 Å². The highest BCUT2D eigenvalue weighted by molar-refractivity contribution is 5.99. The smallest absolute Gasteiger partial charge is 0.247 e. The first-order valence-corrected chi connectivity index (χ1v) is 11.7. The predicted octanol–water partition coefficient (Wildman–Crippen LogP) is -0.604. The normalized spacial score (nSPS) is 12.7. The topological polar surface area (TPSA) is 198 Å². The van der Waals surface area contributed by atoms with Crippen LogP contribution < -0.4 is 27.8 Å². The number of hydrogen-bond donors (Lipinski definition) is 6. The van der Waals surface area contributed by atoms with Crippen LogP contribution in [-0.2, 0) is 20.8 Å². The molecule has 1 aromatic carbocycles. The fourth-order valence-electron chi connectivity index (χ4n) is 3.73. The third kappa shape index (κ3) is 7.31. The minimum absolute atomic E-state index is 0.145. The maximum absolute atomic E-state index is 13.2. The summed E-state index contributed by atoms with van der Waals surface area (Å²) >= 11 is 0. The van der Waals surface area contributed by atoms with Crippen molar-refractivity contribution in [2.45, 2.75) is 31.8 Å². The Morgan fingerprint density at radius 1 is 1.06 bits per heavy atom. The first-order valence-electron chi connectivity index (χ1n) is 11.7. The molecule has 3 rings (SSSR count). The summed E-state index contributed by atoms with van der Waals surface area (Å²) in [6, 6.07) is 7.18. The monoisotopic (exact) mass is 495 g/mol.